The molecule has 0 aliphatic carbocycles. The quantitative estimate of drug-likeness (QED) is 0.349. The second-order valence-electron chi connectivity index (χ2n) is 7.62. The Morgan fingerprint density at radius 1 is 1.26 bits per heavy atom. The van der Waals surface area contributed by atoms with Crippen LogP contribution in [0.2, 0.25) is 0 Å². The zero-order valence-electron chi connectivity index (χ0n) is 19.5. The first-order valence-corrected chi connectivity index (χ1v) is 11.9. The van der Waals surface area contributed by atoms with Crippen molar-refractivity contribution < 1.29 is 14.3 Å². The van der Waals surface area contributed by atoms with Gasteiger partial charge in [-0.2, -0.15) is 0 Å². The molecule has 1 amide bonds. The first kappa shape index (κ1) is 26.0. The lowest BCUT2D eigenvalue weighted by molar-refractivity contribution is -0.114. The van der Waals surface area contributed by atoms with Crippen LogP contribution in [0.4, 0.5) is 11.5 Å². The van der Waals surface area contributed by atoms with Gasteiger partial charge in [0.15, 0.2) is 22.1 Å². The number of nitrogens with one attached hydrogen (secondary N) is 1. The highest BCUT2D eigenvalue weighted by Gasteiger charge is 2.22. The van der Waals surface area contributed by atoms with Gasteiger partial charge in [-0.3, -0.25) is 4.79 Å². The first-order valence-electron chi connectivity index (χ1n) is 10.9. The van der Waals surface area contributed by atoms with Gasteiger partial charge >= 0.3 is 0 Å². The lowest BCUT2D eigenvalue weighted by Gasteiger charge is -2.28. The number of ether oxygens (including phenoxy) is 2. The summed E-state index contributed by atoms with van der Waals surface area (Å²) < 4.78 is 12.9. The number of methoxy groups -OCH3 is 1. The van der Waals surface area contributed by atoms with E-state index >= 15 is 0 Å². The standard InChI is InChI=1S/C22H29N7O3S.ClH/c1-4-17-25-19-20(28(17)2)26-22(27-21(19)29-7-9-32-10-8-29)33-13-14-5-6-16(31-3)15(11-14)24-18(30)12-23;/h5-6,11H,4,7-10,12-13,23H2,1-3H3,(H,24,30);1H. The number of fused-ring (bicyclic) bond motifs is 1. The fourth-order valence-electron chi connectivity index (χ4n) is 3.74. The number of hydrogen-bond donors (Lipinski definition) is 2. The topological polar surface area (TPSA) is 120 Å². The molecule has 1 fully saturated rings. The molecule has 4 rings (SSSR count). The van der Waals surface area contributed by atoms with E-state index in [0.29, 0.717) is 35.6 Å². The van der Waals surface area contributed by atoms with Crippen LogP contribution in [0.5, 0.6) is 5.75 Å². The van der Waals surface area contributed by atoms with E-state index in [-0.39, 0.29) is 24.9 Å². The molecule has 0 atom stereocenters. The smallest absolute Gasteiger partial charge is 0.238 e. The monoisotopic (exact) mass is 507 g/mol. The van der Waals surface area contributed by atoms with Crippen molar-refractivity contribution in [2.45, 2.75) is 24.3 Å². The van der Waals surface area contributed by atoms with Gasteiger partial charge in [0.25, 0.3) is 0 Å². The van der Waals surface area contributed by atoms with E-state index in [4.69, 9.17) is 30.2 Å². The minimum atomic E-state index is -0.273. The number of benzene rings is 1. The van der Waals surface area contributed by atoms with Gasteiger partial charge in [-0.1, -0.05) is 24.8 Å². The highest BCUT2D eigenvalue weighted by Crippen LogP contribution is 2.31. The van der Waals surface area contributed by atoms with Crippen LogP contribution in [0, 0.1) is 0 Å². The van der Waals surface area contributed by atoms with Gasteiger partial charge in [-0.05, 0) is 17.7 Å². The molecule has 1 aromatic carbocycles. The van der Waals surface area contributed by atoms with E-state index < -0.39 is 0 Å². The summed E-state index contributed by atoms with van der Waals surface area (Å²) in [5.41, 5.74) is 8.69. The summed E-state index contributed by atoms with van der Waals surface area (Å²) in [6, 6.07) is 5.69. The van der Waals surface area contributed by atoms with Gasteiger partial charge in [-0.25, -0.2) is 15.0 Å². The molecule has 3 aromatic rings. The lowest BCUT2D eigenvalue weighted by atomic mass is 10.2. The second kappa shape index (κ2) is 11.7. The van der Waals surface area contributed by atoms with Crippen molar-refractivity contribution in [2.24, 2.45) is 12.8 Å². The second-order valence-corrected chi connectivity index (χ2v) is 8.56. The maximum Gasteiger partial charge on any atom is 0.238 e. The third kappa shape index (κ3) is 5.54. The third-order valence-corrected chi connectivity index (χ3v) is 6.41. The summed E-state index contributed by atoms with van der Waals surface area (Å²) in [4.78, 5) is 28.5. The SMILES string of the molecule is CCc1nc2c(N3CCOCC3)nc(SCc3ccc(OC)c(NC(=O)CN)c3)nc2n1C.Cl. The maximum atomic E-state index is 11.8. The molecule has 12 heteroatoms. The number of hydrogen-bond acceptors (Lipinski definition) is 9. The maximum absolute atomic E-state index is 11.8. The Morgan fingerprint density at radius 2 is 2.03 bits per heavy atom. The number of halogens is 1. The van der Waals surface area contributed by atoms with E-state index in [2.05, 4.69) is 17.1 Å². The van der Waals surface area contributed by atoms with Crippen LogP contribution in [0.15, 0.2) is 23.4 Å². The van der Waals surface area contributed by atoms with E-state index in [1.165, 1.54) is 11.8 Å². The van der Waals surface area contributed by atoms with Crippen molar-refractivity contribution in [3.8, 4) is 5.75 Å². The number of aromatic nitrogens is 4. The van der Waals surface area contributed by atoms with Gasteiger partial charge < -0.3 is 30.0 Å². The van der Waals surface area contributed by atoms with Crippen LogP contribution in [-0.2, 0) is 28.8 Å². The number of nitrogens with zero attached hydrogens (tertiary/aromatic N) is 5. The summed E-state index contributed by atoms with van der Waals surface area (Å²) in [6.45, 7) is 4.89. The van der Waals surface area contributed by atoms with Crippen molar-refractivity contribution in [3.63, 3.8) is 0 Å². The summed E-state index contributed by atoms with van der Waals surface area (Å²) in [5, 5.41) is 3.46. The summed E-state index contributed by atoms with van der Waals surface area (Å²) in [5.74, 6) is 2.77. The fraction of sp³-hybridized carbons (Fsp3) is 0.455. The van der Waals surface area contributed by atoms with Crippen LogP contribution in [-0.4, -0.2) is 65.4 Å². The van der Waals surface area contributed by atoms with Gasteiger partial charge in [0.05, 0.1) is 32.6 Å². The van der Waals surface area contributed by atoms with Crippen LogP contribution in [0.1, 0.15) is 18.3 Å². The molecule has 2 aromatic heterocycles. The lowest BCUT2D eigenvalue weighted by Crippen LogP contribution is -2.37. The van der Waals surface area contributed by atoms with Crippen molar-refractivity contribution in [2.75, 3.05) is 50.2 Å². The molecule has 0 spiro atoms. The molecule has 184 valence electrons. The Balaban J connectivity index is 0.00000324. The molecular weight excluding hydrogens is 478 g/mol. The van der Waals surface area contributed by atoms with Gasteiger partial charge in [0, 0.05) is 32.3 Å². The zero-order valence-corrected chi connectivity index (χ0v) is 21.2. The largest absolute Gasteiger partial charge is 0.495 e. The first-order chi connectivity index (χ1) is 16.0. The molecule has 0 bridgehead atoms. The van der Waals surface area contributed by atoms with E-state index in [0.717, 1.165) is 47.9 Å². The van der Waals surface area contributed by atoms with Crippen molar-refractivity contribution in [1.82, 2.24) is 19.5 Å². The van der Waals surface area contributed by atoms with Crippen molar-refractivity contribution in [3.05, 3.63) is 29.6 Å². The molecule has 34 heavy (non-hydrogen) atoms. The minimum Gasteiger partial charge on any atom is -0.495 e. The molecule has 0 unspecified atom stereocenters. The average molecular weight is 508 g/mol. The van der Waals surface area contributed by atoms with Crippen LogP contribution >= 0.6 is 24.2 Å². The van der Waals surface area contributed by atoms with Crippen LogP contribution in [0.25, 0.3) is 11.2 Å². The predicted octanol–water partition coefficient (Wildman–Crippen LogP) is 2.38. The number of imidazole rings is 1. The Labute approximate surface area is 209 Å². The van der Waals surface area contributed by atoms with Crippen molar-refractivity contribution in [1.29, 1.82) is 0 Å². The molecule has 1 aliphatic rings. The Bertz CT molecular complexity index is 1150. The summed E-state index contributed by atoms with van der Waals surface area (Å²) in [6.07, 6.45) is 0.820. The summed E-state index contributed by atoms with van der Waals surface area (Å²) in [7, 11) is 3.56. The van der Waals surface area contributed by atoms with Gasteiger partial charge in [0.2, 0.25) is 5.91 Å². The van der Waals surface area contributed by atoms with E-state index in [1.807, 2.05) is 29.8 Å². The molecule has 0 radical (unpaired) electrons. The molecule has 0 saturated carbocycles. The van der Waals surface area contributed by atoms with E-state index in [9.17, 15) is 4.79 Å². The number of carbonyl (C=O) groups is 1. The van der Waals surface area contributed by atoms with Crippen LogP contribution in [0.3, 0.4) is 0 Å². The number of thioether (sulfide) groups is 1. The van der Waals surface area contributed by atoms with Crippen molar-refractivity contribution >= 4 is 52.7 Å². The molecule has 3 heterocycles. The normalized spacial score (nSPS) is 13.6. The molecule has 3 N–H and O–H groups in total. The number of rotatable bonds is 8. The number of carbonyl (C=O) groups excluding carboxylic acids is 1. The minimum absolute atomic E-state index is 0. The predicted molar refractivity (Wildman–Crippen MR) is 136 cm³/mol. The molecular formula is C22H30ClN7O3S. The molecule has 1 aliphatic heterocycles. The van der Waals surface area contributed by atoms with Gasteiger partial charge in [0.1, 0.15) is 11.6 Å². The third-order valence-electron chi connectivity index (χ3n) is 5.49. The van der Waals surface area contributed by atoms with E-state index in [1.54, 1.807) is 7.11 Å². The number of aryl methyl sites for hydroxylation is 2. The van der Waals surface area contributed by atoms with Crippen LogP contribution < -0.4 is 20.7 Å². The summed E-state index contributed by atoms with van der Waals surface area (Å²) >= 11 is 1.54. The zero-order chi connectivity index (χ0) is 23.4. The number of morpholine rings is 1. The Kier molecular flexibility index (Phi) is 8.95. The highest BCUT2D eigenvalue weighted by atomic mass is 35.5. The fourth-order valence-corrected chi connectivity index (χ4v) is 4.52. The Hall–Kier alpha value is -2.60. The number of amides is 1. The number of nitrogens with two attached hydrogens (primary N) is 1. The molecule has 1 saturated heterocycles. The number of anilines is 2. The Morgan fingerprint density at radius 3 is 2.71 bits per heavy atom. The van der Waals surface area contributed by atoms with Gasteiger partial charge in [-0.15, -0.1) is 12.4 Å². The molecule has 10 nitrogen and oxygen atoms in total. The average Bonchev–Trinajstić information content (AvgIpc) is 3.18. The highest BCUT2D eigenvalue weighted by molar-refractivity contribution is 7.98.